The number of carbonyl (C=O) groups is 3. The number of amides is 4. The number of anilines is 1. The van der Waals surface area contributed by atoms with Crippen molar-refractivity contribution < 1.29 is 14.4 Å². The van der Waals surface area contributed by atoms with Gasteiger partial charge in [-0.2, -0.15) is 5.26 Å². The van der Waals surface area contributed by atoms with Crippen LogP contribution in [-0.2, 0) is 9.59 Å². The van der Waals surface area contributed by atoms with E-state index < -0.39 is 5.91 Å². The number of nitrogens with one attached hydrogen (secondary N) is 2. The van der Waals surface area contributed by atoms with Gasteiger partial charge in [0.1, 0.15) is 11.6 Å². The maximum Gasteiger partial charge on any atom is 0.326 e. The maximum absolute atomic E-state index is 12.1. The van der Waals surface area contributed by atoms with Crippen molar-refractivity contribution in [1.29, 1.82) is 5.26 Å². The molecule has 0 aliphatic carbocycles. The first-order valence-electron chi connectivity index (χ1n) is 7.67. The first kappa shape index (κ1) is 18.0. The van der Waals surface area contributed by atoms with Crippen molar-refractivity contribution in [2.24, 2.45) is 0 Å². The highest BCUT2D eigenvalue weighted by atomic mass is 16.2. The second-order valence-corrected chi connectivity index (χ2v) is 5.60. The van der Waals surface area contributed by atoms with E-state index >= 15 is 0 Å². The molecule has 1 unspecified atom stereocenters. The van der Waals surface area contributed by atoms with Crippen LogP contribution in [0.4, 0.5) is 10.5 Å². The number of nitrogens with zero attached hydrogens (tertiary/aromatic N) is 3. The number of likely N-dealkylation sites (N-methyl/N-ethyl adjacent to an activating group) is 1. The molecule has 0 saturated carbocycles. The fourth-order valence-corrected chi connectivity index (χ4v) is 2.35. The highest BCUT2D eigenvalue weighted by Gasteiger charge is 2.33. The predicted molar refractivity (Wildman–Crippen MR) is 91.1 cm³/mol. The molecule has 1 fully saturated rings. The van der Waals surface area contributed by atoms with Crippen molar-refractivity contribution >= 4 is 23.5 Å². The number of para-hydroxylation sites is 1. The summed E-state index contributed by atoms with van der Waals surface area (Å²) in [5.41, 5.74) is 0.483. The van der Waals surface area contributed by atoms with Crippen LogP contribution in [0.15, 0.2) is 42.1 Å². The van der Waals surface area contributed by atoms with E-state index in [0.29, 0.717) is 5.69 Å². The number of nitriles is 1. The van der Waals surface area contributed by atoms with Crippen molar-refractivity contribution in [1.82, 2.24) is 15.1 Å². The highest BCUT2D eigenvalue weighted by molar-refractivity contribution is 6.06. The van der Waals surface area contributed by atoms with Crippen molar-refractivity contribution in [2.75, 3.05) is 26.0 Å². The van der Waals surface area contributed by atoms with E-state index in [0.717, 1.165) is 4.90 Å². The number of benzene rings is 1. The van der Waals surface area contributed by atoms with Gasteiger partial charge in [-0.05, 0) is 12.1 Å². The minimum atomic E-state index is -0.537. The first-order chi connectivity index (χ1) is 11.9. The van der Waals surface area contributed by atoms with Crippen LogP contribution in [0.3, 0.4) is 0 Å². The van der Waals surface area contributed by atoms with Gasteiger partial charge in [0, 0.05) is 38.9 Å². The lowest BCUT2D eigenvalue weighted by atomic mass is 10.1. The number of imide groups is 1. The van der Waals surface area contributed by atoms with Crippen molar-refractivity contribution in [3.05, 3.63) is 42.1 Å². The standard InChI is InChI=1S/C17H19N5O3/c1-21-14(8-15(23)22(2)17(21)25)11-19-10-12(9-18)16(24)20-13-6-4-3-5-7-13/h3-7,10,14,19H,8,11H2,1-2H3,(H,20,24)/b12-10+. The zero-order chi connectivity index (χ0) is 18.4. The Morgan fingerprint density at radius 3 is 2.64 bits per heavy atom. The molecular formula is C17H19N5O3. The quantitative estimate of drug-likeness (QED) is 0.611. The molecule has 0 spiro atoms. The lowest BCUT2D eigenvalue weighted by Crippen LogP contribution is -2.56. The first-order valence-corrected chi connectivity index (χ1v) is 7.67. The molecule has 1 aliphatic heterocycles. The summed E-state index contributed by atoms with van der Waals surface area (Å²) in [6.45, 7) is 0.256. The van der Waals surface area contributed by atoms with E-state index in [1.807, 2.05) is 12.1 Å². The minimum absolute atomic E-state index is 0.0999. The molecule has 0 radical (unpaired) electrons. The fraction of sp³-hybridized carbons (Fsp3) is 0.294. The summed E-state index contributed by atoms with van der Waals surface area (Å²) in [5.74, 6) is -0.800. The molecule has 1 aromatic rings. The van der Waals surface area contributed by atoms with Crippen molar-refractivity contribution in [3.8, 4) is 6.07 Å². The Morgan fingerprint density at radius 2 is 2.00 bits per heavy atom. The SMILES string of the molecule is CN1C(=O)CC(CN/C=C(\C#N)C(=O)Nc2ccccc2)N(C)C1=O. The predicted octanol–water partition coefficient (Wildman–Crippen LogP) is 0.905. The van der Waals surface area contributed by atoms with Crippen LogP contribution in [0.5, 0.6) is 0 Å². The third-order valence-corrected chi connectivity index (χ3v) is 3.92. The average Bonchev–Trinajstić information content (AvgIpc) is 2.61. The summed E-state index contributed by atoms with van der Waals surface area (Å²) in [7, 11) is 3.04. The summed E-state index contributed by atoms with van der Waals surface area (Å²) in [4.78, 5) is 38.2. The Bertz CT molecular complexity index is 738. The summed E-state index contributed by atoms with van der Waals surface area (Å²) < 4.78 is 0. The Balaban J connectivity index is 1.95. The average molecular weight is 341 g/mol. The lowest BCUT2D eigenvalue weighted by molar-refractivity contribution is -0.131. The molecule has 2 rings (SSSR count). The van der Waals surface area contributed by atoms with Gasteiger partial charge in [-0.15, -0.1) is 0 Å². The summed E-state index contributed by atoms with van der Waals surface area (Å²) in [6.07, 6.45) is 1.47. The molecule has 130 valence electrons. The molecular weight excluding hydrogens is 322 g/mol. The summed E-state index contributed by atoms with van der Waals surface area (Å²) >= 11 is 0. The minimum Gasteiger partial charge on any atom is -0.388 e. The van der Waals surface area contributed by atoms with Gasteiger partial charge in [0.05, 0.1) is 6.04 Å². The second-order valence-electron chi connectivity index (χ2n) is 5.60. The lowest BCUT2D eigenvalue weighted by Gasteiger charge is -2.36. The van der Waals surface area contributed by atoms with Crippen LogP contribution < -0.4 is 10.6 Å². The molecule has 4 amide bonds. The van der Waals surface area contributed by atoms with Gasteiger partial charge in [0.15, 0.2) is 0 Å². The Labute approximate surface area is 145 Å². The largest absolute Gasteiger partial charge is 0.388 e. The fourth-order valence-electron chi connectivity index (χ4n) is 2.35. The molecule has 8 heteroatoms. The van der Waals surface area contributed by atoms with Crippen LogP contribution in [0.2, 0.25) is 0 Å². The van der Waals surface area contributed by atoms with Gasteiger partial charge in [0.2, 0.25) is 5.91 Å². The molecule has 25 heavy (non-hydrogen) atoms. The van der Waals surface area contributed by atoms with E-state index in [1.165, 1.54) is 18.1 Å². The van der Waals surface area contributed by atoms with Crippen LogP contribution >= 0.6 is 0 Å². The second kappa shape index (κ2) is 7.97. The van der Waals surface area contributed by atoms with Crippen molar-refractivity contribution in [2.45, 2.75) is 12.5 Å². The van der Waals surface area contributed by atoms with Gasteiger partial charge >= 0.3 is 6.03 Å². The number of hydrogen-bond donors (Lipinski definition) is 2. The number of rotatable bonds is 5. The normalized spacial score (nSPS) is 18.0. The molecule has 0 aromatic heterocycles. The topological polar surface area (TPSA) is 106 Å². The van der Waals surface area contributed by atoms with E-state index in [2.05, 4.69) is 10.6 Å². The zero-order valence-electron chi connectivity index (χ0n) is 14.0. The van der Waals surface area contributed by atoms with Crippen LogP contribution in [0.1, 0.15) is 6.42 Å². The van der Waals surface area contributed by atoms with E-state index in [4.69, 9.17) is 5.26 Å². The summed E-state index contributed by atoms with van der Waals surface area (Å²) in [5, 5.41) is 14.6. The summed E-state index contributed by atoms with van der Waals surface area (Å²) in [6, 6.07) is 9.89. The Kier molecular flexibility index (Phi) is 5.74. The van der Waals surface area contributed by atoms with Crippen LogP contribution in [-0.4, -0.2) is 54.3 Å². The molecule has 0 bridgehead atoms. The molecule has 1 heterocycles. The van der Waals surface area contributed by atoms with Gasteiger partial charge < -0.3 is 15.5 Å². The molecule has 1 saturated heterocycles. The highest BCUT2D eigenvalue weighted by Crippen LogP contribution is 2.13. The zero-order valence-corrected chi connectivity index (χ0v) is 14.0. The van der Waals surface area contributed by atoms with Crippen molar-refractivity contribution in [3.63, 3.8) is 0 Å². The monoisotopic (exact) mass is 341 g/mol. The number of carbonyl (C=O) groups excluding carboxylic acids is 3. The third kappa shape index (κ3) is 4.35. The van der Waals surface area contributed by atoms with E-state index in [9.17, 15) is 14.4 Å². The van der Waals surface area contributed by atoms with Gasteiger partial charge in [0.25, 0.3) is 5.91 Å². The molecule has 1 aliphatic rings. The van der Waals surface area contributed by atoms with Gasteiger partial charge in [-0.25, -0.2) is 4.79 Å². The van der Waals surface area contributed by atoms with Gasteiger partial charge in [-0.3, -0.25) is 14.5 Å². The van der Waals surface area contributed by atoms with E-state index in [-0.39, 0.29) is 36.5 Å². The molecule has 1 atom stereocenters. The molecule has 8 nitrogen and oxygen atoms in total. The Hall–Kier alpha value is -3.34. The smallest absolute Gasteiger partial charge is 0.326 e. The van der Waals surface area contributed by atoms with E-state index in [1.54, 1.807) is 31.3 Å². The number of urea groups is 1. The molecule has 2 N–H and O–H groups in total. The number of hydrogen-bond acceptors (Lipinski definition) is 5. The third-order valence-electron chi connectivity index (χ3n) is 3.92. The van der Waals surface area contributed by atoms with Crippen LogP contribution in [0.25, 0.3) is 0 Å². The Morgan fingerprint density at radius 1 is 1.32 bits per heavy atom. The maximum atomic E-state index is 12.1. The van der Waals surface area contributed by atoms with Crippen LogP contribution in [0, 0.1) is 11.3 Å². The molecule has 1 aromatic carbocycles. The van der Waals surface area contributed by atoms with Gasteiger partial charge in [-0.1, -0.05) is 18.2 Å².